The minimum absolute atomic E-state index is 0.358. The Morgan fingerprint density at radius 2 is 0.974 bits per heavy atom. The van der Waals surface area contributed by atoms with Crippen LogP contribution in [0.5, 0.6) is 0 Å². The first kappa shape index (κ1) is 39.4. The minimum Gasteiger partial charge on any atom is -0.396 e. The third-order valence-corrected chi connectivity index (χ3v) is 7.67. The highest BCUT2D eigenvalue weighted by atomic mass is 16.2. The van der Waals surface area contributed by atoms with Crippen LogP contribution in [0.25, 0.3) is 0 Å². The zero-order valence-electron chi connectivity index (χ0n) is 27.0. The molecular formula is C37H72O. The Kier molecular flexibility index (Phi) is 39.8. The molecule has 0 aliphatic rings. The smallest absolute Gasteiger partial charge is 0.0431 e. The Morgan fingerprint density at radius 3 is 1.45 bits per heavy atom. The molecule has 38 heavy (non-hydrogen) atoms. The molecule has 226 valence electrons. The summed E-state index contributed by atoms with van der Waals surface area (Å²) in [6.07, 6.45) is 41.0. The van der Waals surface area contributed by atoms with Crippen LogP contribution in [0.1, 0.15) is 201 Å². The van der Waals surface area contributed by atoms with E-state index in [0.29, 0.717) is 6.61 Å². The maximum absolute atomic E-state index is 8.65. The normalized spacial score (nSPS) is 11.7. The van der Waals surface area contributed by atoms with Crippen LogP contribution < -0.4 is 0 Å². The van der Waals surface area contributed by atoms with E-state index in [-0.39, 0.29) is 0 Å². The fourth-order valence-corrected chi connectivity index (χ4v) is 4.72. The third kappa shape index (κ3) is 39.8. The summed E-state index contributed by atoms with van der Waals surface area (Å²) in [5, 5.41) is 8.65. The van der Waals surface area contributed by atoms with E-state index in [0.717, 1.165) is 25.2 Å². The van der Waals surface area contributed by atoms with E-state index in [1.54, 1.807) is 0 Å². The molecule has 0 fully saturated rings. The lowest BCUT2D eigenvalue weighted by Gasteiger charge is -2.06. The quantitative estimate of drug-likeness (QED) is 0.0633. The average molecular weight is 533 g/mol. The van der Waals surface area contributed by atoms with E-state index in [1.807, 2.05) is 0 Å². The van der Waals surface area contributed by atoms with Gasteiger partial charge in [0, 0.05) is 19.4 Å². The van der Waals surface area contributed by atoms with Gasteiger partial charge in [-0.25, -0.2) is 0 Å². The number of hydrogen-bond donors (Lipinski definition) is 1. The van der Waals surface area contributed by atoms with Crippen molar-refractivity contribution in [1.29, 1.82) is 0 Å². The van der Waals surface area contributed by atoms with Gasteiger partial charge < -0.3 is 5.11 Å². The molecule has 0 aliphatic carbocycles. The Labute approximate surface area is 242 Å². The molecule has 0 spiro atoms. The predicted molar refractivity (Wildman–Crippen MR) is 175 cm³/mol. The lowest BCUT2D eigenvalue weighted by molar-refractivity contribution is 0.282. The first-order valence-electron chi connectivity index (χ1n) is 17.4. The summed E-state index contributed by atoms with van der Waals surface area (Å²) in [7, 11) is 0. The van der Waals surface area contributed by atoms with Gasteiger partial charge >= 0.3 is 0 Å². The van der Waals surface area contributed by atoms with Crippen LogP contribution in [0.4, 0.5) is 0 Å². The van der Waals surface area contributed by atoms with Crippen LogP contribution in [-0.2, 0) is 0 Å². The third-order valence-electron chi connectivity index (χ3n) is 7.67. The van der Waals surface area contributed by atoms with Crippen LogP contribution in [0.3, 0.4) is 0 Å². The Hall–Kier alpha value is -0.740. The highest BCUT2D eigenvalue weighted by Gasteiger charge is 1.97. The summed E-state index contributed by atoms with van der Waals surface area (Å²) in [5.74, 6) is 7.28. The molecule has 1 atom stereocenters. The number of aliphatic hydroxyl groups is 1. The minimum atomic E-state index is 0.358. The molecule has 0 aliphatic heterocycles. The highest BCUT2D eigenvalue weighted by Crippen LogP contribution is 2.14. The standard InChI is InChI=1S/C20H38.C17H34O/c1-3-5-7-9-11-13-15-17-19-20-18-16-14-12-10-8-6-4-2;1-3-17(2)15-13-11-9-7-5-4-6-8-10-12-14-16-18/h3-5,7,9-20H2,1-2H3;5,7,17-18H,3-4,6,8-16H2,1-2H3. The van der Waals surface area contributed by atoms with Gasteiger partial charge in [0.05, 0.1) is 0 Å². The van der Waals surface area contributed by atoms with Crippen molar-refractivity contribution in [2.45, 2.75) is 201 Å². The maximum Gasteiger partial charge on any atom is 0.0431 e. The molecule has 1 nitrogen and oxygen atoms in total. The van der Waals surface area contributed by atoms with Gasteiger partial charge in [0.25, 0.3) is 0 Å². The number of hydrogen-bond acceptors (Lipinski definition) is 1. The maximum atomic E-state index is 8.65. The first-order valence-corrected chi connectivity index (χ1v) is 17.4. The number of aliphatic hydroxyl groups excluding tert-OH is 1. The number of unbranched alkanes of at least 4 members (excludes halogenated alkanes) is 21. The van der Waals surface area contributed by atoms with Crippen molar-refractivity contribution < 1.29 is 5.11 Å². The fraction of sp³-hybridized carbons (Fsp3) is 0.892. The lowest BCUT2D eigenvalue weighted by atomic mass is 10.0. The second-order valence-corrected chi connectivity index (χ2v) is 11.6. The Balaban J connectivity index is 0. The van der Waals surface area contributed by atoms with Crippen molar-refractivity contribution >= 4 is 0 Å². The van der Waals surface area contributed by atoms with Crippen molar-refractivity contribution in [2.75, 3.05) is 6.61 Å². The Bertz CT molecular complexity index is 483. The molecule has 0 rings (SSSR count). The number of allylic oxidation sites excluding steroid dienone is 2. The SMILES string of the molecule is CCC#CCCCCCCCCCCCCCCCC.CCC(C)CCCCC=CCCCCCCCO. The van der Waals surface area contributed by atoms with Crippen LogP contribution >= 0.6 is 0 Å². The molecule has 1 heteroatoms. The second-order valence-electron chi connectivity index (χ2n) is 11.6. The zero-order chi connectivity index (χ0) is 28.2. The molecule has 1 unspecified atom stereocenters. The van der Waals surface area contributed by atoms with Crippen molar-refractivity contribution in [2.24, 2.45) is 5.92 Å². The van der Waals surface area contributed by atoms with Gasteiger partial charge in [-0.3, -0.25) is 0 Å². The summed E-state index contributed by atoms with van der Waals surface area (Å²) in [4.78, 5) is 0. The van der Waals surface area contributed by atoms with Crippen LogP contribution in [-0.4, -0.2) is 11.7 Å². The molecule has 0 radical (unpaired) electrons. The van der Waals surface area contributed by atoms with E-state index in [4.69, 9.17) is 5.11 Å². The summed E-state index contributed by atoms with van der Waals surface area (Å²) in [6, 6.07) is 0. The number of rotatable bonds is 27. The highest BCUT2D eigenvalue weighted by molar-refractivity contribution is 4.97. The van der Waals surface area contributed by atoms with Gasteiger partial charge in [0.1, 0.15) is 0 Å². The molecule has 0 bridgehead atoms. The van der Waals surface area contributed by atoms with E-state index >= 15 is 0 Å². The average Bonchev–Trinajstić information content (AvgIpc) is 2.93. The van der Waals surface area contributed by atoms with Crippen LogP contribution in [0.2, 0.25) is 0 Å². The summed E-state index contributed by atoms with van der Waals surface area (Å²) in [6.45, 7) is 9.41. The van der Waals surface area contributed by atoms with Gasteiger partial charge in [0.2, 0.25) is 0 Å². The first-order chi connectivity index (χ1) is 18.7. The lowest BCUT2D eigenvalue weighted by Crippen LogP contribution is -1.90. The summed E-state index contributed by atoms with van der Waals surface area (Å²) < 4.78 is 0. The van der Waals surface area contributed by atoms with Gasteiger partial charge in [-0.05, 0) is 44.4 Å². The fourth-order valence-electron chi connectivity index (χ4n) is 4.72. The van der Waals surface area contributed by atoms with Crippen molar-refractivity contribution in [3.05, 3.63) is 12.2 Å². The molecule has 0 saturated heterocycles. The van der Waals surface area contributed by atoms with Gasteiger partial charge in [0.15, 0.2) is 0 Å². The monoisotopic (exact) mass is 533 g/mol. The van der Waals surface area contributed by atoms with Crippen molar-refractivity contribution in [3.8, 4) is 11.8 Å². The molecular weight excluding hydrogens is 460 g/mol. The summed E-state index contributed by atoms with van der Waals surface area (Å²) in [5.41, 5.74) is 0. The van der Waals surface area contributed by atoms with Crippen LogP contribution in [0.15, 0.2) is 12.2 Å². The van der Waals surface area contributed by atoms with Crippen LogP contribution in [0, 0.1) is 17.8 Å². The molecule has 0 aromatic carbocycles. The molecule has 0 amide bonds. The largest absolute Gasteiger partial charge is 0.396 e. The molecule has 0 heterocycles. The van der Waals surface area contributed by atoms with Crippen molar-refractivity contribution in [1.82, 2.24) is 0 Å². The topological polar surface area (TPSA) is 20.2 Å². The molecule has 0 saturated carbocycles. The van der Waals surface area contributed by atoms with Gasteiger partial charge in [-0.15, -0.1) is 11.8 Å². The molecule has 1 N–H and O–H groups in total. The second kappa shape index (κ2) is 38.4. The Morgan fingerprint density at radius 1 is 0.526 bits per heavy atom. The molecule has 0 aromatic rings. The predicted octanol–water partition coefficient (Wildman–Crippen LogP) is 12.8. The van der Waals surface area contributed by atoms with E-state index < -0.39 is 0 Å². The van der Waals surface area contributed by atoms with E-state index in [2.05, 4.69) is 51.7 Å². The van der Waals surface area contributed by atoms with Gasteiger partial charge in [-0.1, -0.05) is 162 Å². The van der Waals surface area contributed by atoms with Crippen molar-refractivity contribution in [3.63, 3.8) is 0 Å². The van der Waals surface area contributed by atoms with E-state index in [9.17, 15) is 0 Å². The zero-order valence-corrected chi connectivity index (χ0v) is 27.0. The van der Waals surface area contributed by atoms with Gasteiger partial charge in [-0.2, -0.15) is 0 Å². The van der Waals surface area contributed by atoms with E-state index in [1.165, 1.54) is 154 Å². The summed E-state index contributed by atoms with van der Waals surface area (Å²) >= 11 is 0. The molecule has 0 aromatic heterocycles.